The molecule has 2 N–H and O–H groups in total. The molecule has 0 bridgehead atoms. The molecule has 2 atom stereocenters. The SMILES string of the molecule is CCCNC(c1ccccc1)C(O)c1ccccc1. The summed E-state index contributed by atoms with van der Waals surface area (Å²) >= 11 is 0. The van der Waals surface area contributed by atoms with Crippen LogP contribution in [-0.2, 0) is 0 Å². The molecule has 0 saturated heterocycles. The van der Waals surface area contributed by atoms with Crippen molar-refractivity contribution in [2.24, 2.45) is 0 Å². The molecule has 0 amide bonds. The van der Waals surface area contributed by atoms with Gasteiger partial charge in [0.15, 0.2) is 0 Å². The number of rotatable bonds is 6. The summed E-state index contributed by atoms with van der Waals surface area (Å²) in [6.07, 6.45) is 0.514. The molecule has 100 valence electrons. The van der Waals surface area contributed by atoms with Crippen molar-refractivity contribution in [3.8, 4) is 0 Å². The van der Waals surface area contributed by atoms with Gasteiger partial charge in [-0.2, -0.15) is 0 Å². The van der Waals surface area contributed by atoms with Gasteiger partial charge in [-0.25, -0.2) is 0 Å². The van der Waals surface area contributed by atoms with E-state index in [2.05, 4.69) is 24.4 Å². The van der Waals surface area contributed by atoms with Crippen molar-refractivity contribution in [3.05, 3.63) is 71.8 Å². The molecule has 0 saturated carbocycles. The summed E-state index contributed by atoms with van der Waals surface area (Å²) in [6, 6.07) is 19.9. The van der Waals surface area contributed by atoms with Crippen LogP contribution in [0.15, 0.2) is 60.7 Å². The van der Waals surface area contributed by atoms with Gasteiger partial charge in [-0.3, -0.25) is 0 Å². The van der Waals surface area contributed by atoms with Crippen molar-refractivity contribution in [2.45, 2.75) is 25.5 Å². The van der Waals surface area contributed by atoms with Crippen molar-refractivity contribution in [2.75, 3.05) is 6.54 Å². The predicted octanol–water partition coefficient (Wildman–Crippen LogP) is 3.46. The molecule has 0 heterocycles. The Bertz CT molecular complexity index is 469. The fourth-order valence-electron chi connectivity index (χ4n) is 2.21. The Balaban J connectivity index is 2.22. The quantitative estimate of drug-likeness (QED) is 0.828. The Morgan fingerprint density at radius 3 is 1.95 bits per heavy atom. The van der Waals surface area contributed by atoms with Crippen molar-refractivity contribution in [1.82, 2.24) is 5.32 Å². The van der Waals surface area contributed by atoms with Crippen LogP contribution in [0.2, 0.25) is 0 Å². The Morgan fingerprint density at radius 1 is 0.895 bits per heavy atom. The maximum absolute atomic E-state index is 10.6. The Kier molecular flexibility index (Phi) is 5.13. The third-order valence-electron chi connectivity index (χ3n) is 3.23. The van der Waals surface area contributed by atoms with E-state index in [1.807, 2.05) is 48.5 Å². The minimum atomic E-state index is -0.532. The second-order valence-corrected chi connectivity index (χ2v) is 4.70. The minimum absolute atomic E-state index is 0.0662. The fraction of sp³-hybridized carbons (Fsp3) is 0.294. The van der Waals surface area contributed by atoms with E-state index in [9.17, 15) is 5.11 Å². The van der Waals surface area contributed by atoms with Gasteiger partial charge in [0, 0.05) is 0 Å². The van der Waals surface area contributed by atoms with Gasteiger partial charge in [0.2, 0.25) is 0 Å². The van der Waals surface area contributed by atoms with Crippen LogP contribution in [0.5, 0.6) is 0 Å². The molecule has 0 aliphatic heterocycles. The number of hydrogen-bond acceptors (Lipinski definition) is 2. The first-order valence-electron chi connectivity index (χ1n) is 6.84. The highest BCUT2D eigenvalue weighted by Gasteiger charge is 2.21. The number of aliphatic hydroxyl groups excluding tert-OH is 1. The largest absolute Gasteiger partial charge is 0.386 e. The number of aliphatic hydroxyl groups is 1. The molecule has 2 heteroatoms. The second-order valence-electron chi connectivity index (χ2n) is 4.70. The van der Waals surface area contributed by atoms with E-state index in [-0.39, 0.29) is 6.04 Å². The van der Waals surface area contributed by atoms with Gasteiger partial charge in [-0.1, -0.05) is 67.6 Å². The maximum atomic E-state index is 10.6. The van der Waals surface area contributed by atoms with Gasteiger partial charge in [0.1, 0.15) is 0 Å². The van der Waals surface area contributed by atoms with Gasteiger partial charge in [-0.05, 0) is 24.1 Å². The van der Waals surface area contributed by atoms with E-state index in [0.29, 0.717) is 0 Å². The summed E-state index contributed by atoms with van der Waals surface area (Å²) in [4.78, 5) is 0. The van der Waals surface area contributed by atoms with Crippen molar-refractivity contribution >= 4 is 0 Å². The first kappa shape index (κ1) is 13.8. The molecular weight excluding hydrogens is 234 g/mol. The first-order valence-corrected chi connectivity index (χ1v) is 6.84. The number of nitrogens with one attached hydrogen (secondary N) is 1. The molecule has 2 aromatic rings. The van der Waals surface area contributed by atoms with Crippen LogP contribution in [0.3, 0.4) is 0 Å². The average Bonchev–Trinajstić information content (AvgIpc) is 2.49. The predicted molar refractivity (Wildman–Crippen MR) is 78.9 cm³/mol. The average molecular weight is 255 g/mol. The van der Waals surface area contributed by atoms with Crippen molar-refractivity contribution in [3.63, 3.8) is 0 Å². The minimum Gasteiger partial charge on any atom is -0.386 e. The van der Waals surface area contributed by atoms with Gasteiger partial charge >= 0.3 is 0 Å². The second kappa shape index (κ2) is 7.07. The van der Waals surface area contributed by atoms with Gasteiger partial charge in [-0.15, -0.1) is 0 Å². The van der Waals surface area contributed by atoms with Gasteiger partial charge < -0.3 is 10.4 Å². The van der Waals surface area contributed by atoms with E-state index in [1.165, 1.54) is 0 Å². The van der Waals surface area contributed by atoms with E-state index in [1.54, 1.807) is 0 Å². The number of hydrogen-bond donors (Lipinski definition) is 2. The van der Waals surface area contributed by atoms with Crippen LogP contribution in [-0.4, -0.2) is 11.7 Å². The van der Waals surface area contributed by atoms with Gasteiger partial charge in [0.05, 0.1) is 12.1 Å². The van der Waals surface area contributed by atoms with Gasteiger partial charge in [0.25, 0.3) is 0 Å². The highest BCUT2D eigenvalue weighted by Crippen LogP contribution is 2.28. The molecule has 2 unspecified atom stereocenters. The van der Waals surface area contributed by atoms with Crippen LogP contribution in [0.4, 0.5) is 0 Å². The zero-order valence-corrected chi connectivity index (χ0v) is 11.3. The lowest BCUT2D eigenvalue weighted by molar-refractivity contribution is 0.129. The third-order valence-corrected chi connectivity index (χ3v) is 3.23. The summed E-state index contributed by atoms with van der Waals surface area (Å²) < 4.78 is 0. The highest BCUT2D eigenvalue weighted by atomic mass is 16.3. The lowest BCUT2D eigenvalue weighted by atomic mass is 9.96. The molecule has 0 fully saturated rings. The maximum Gasteiger partial charge on any atom is 0.0984 e. The van der Waals surface area contributed by atoms with Crippen LogP contribution in [0.1, 0.15) is 36.6 Å². The summed E-state index contributed by atoms with van der Waals surface area (Å²) in [5.41, 5.74) is 2.06. The fourth-order valence-corrected chi connectivity index (χ4v) is 2.21. The Morgan fingerprint density at radius 2 is 1.42 bits per heavy atom. The van der Waals surface area contributed by atoms with Crippen LogP contribution < -0.4 is 5.32 Å². The summed E-state index contributed by atoms with van der Waals surface area (Å²) in [5.74, 6) is 0. The Labute approximate surface area is 115 Å². The van der Waals surface area contributed by atoms with Crippen LogP contribution in [0.25, 0.3) is 0 Å². The smallest absolute Gasteiger partial charge is 0.0984 e. The molecule has 2 aromatic carbocycles. The van der Waals surface area contributed by atoms with Crippen LogP contribution in [0, 0.1) is 0 Å². The molecule has 0 aromatic heterocycles. The monoisotopic (exact) mass is 255 g/mol. The van der Waals surface area contributed by atoms with E-state index in [0.717, 1.165) is 24.1 Å². The molecular formula is C17H21NO. The lowest BCUT2D eigenvalue weighted by Gasteiger charge is -2.25. The number of benzene rings is 2. The molecule has 2 nitrogen and oxygen atoms in total. The highest BCUT2D eigenvalue weighted by molar-refractivity contribution is 5.26. The standard InChI is InChI=1S/C17H21NO/c1-2-13-18-16(14-9-5-3-6-10-14)17(19)15-11-7-4-8-12-15/h3-12,16-19H,2,13H2,1H3. The molecule has 0 radical (unpaired) electrons. The molecule has 0 aliphatic carbocycles. The summed E-state index contributed by atoms with van der Waals surface area (Å²) in [5, 5.41) is 14.0. The molecule has 19 heavy (non-hydrogen) atoms. The molecule has 0 spiro atoms. The lowest BCUT2D eigenvalue weighted by Crippen LogP contribution is -2.27. The normalized spacial score (nSPS) is 14.0. The Hall–Kier alpha value is -1.64. The molecule has 0 aliphatic rings. The van der Waals surface area contributed by atoms with Crippen molar-refractivity contribution in [1.29, 1.82) is 0 Å². The topological polar surface area (TPSA) is 32.3 Å². The van der Waals surface area contributed by atoms with E-state index in [4.69, 9.17) is 0 Å². The van der Waals surface area contributed by atoms with E-state index >= 15 is 0 Å². The summed E-state index contributed by atoms with van der Waals surface area (Å²) in [6.45, 7) is 3.02. The molecule has 2 rings (SSSR count). The summed E-state index contributed by atoms with van der Waals surface area (Å²) in [7, 11) is 0. The van der Waals surface area contributed by atoms with E-state index < -0.39 is 6.10 Å². The third kappa shape index (κ3) is 3.66. The first-order chi connectivity index (χ1) is 9.33. The van der Waals surface area contributed by atoms with Crippen molar-refractivity contribution < 1.29 is 5.11 Å². The van der Waals surface area contributed by atoms with Crippen LogP contribution >= 0.6 is 0 Å². The zero-order valence-electron chi connectivity index (χ0n) is 11.3. The zero-order chi connectivity index (χ0) is 13.5.